The van der Waals surface area contributed by atoms with Crippen LogP contribution in [0, 0.1) is 0 Å². The standard InChI is InChI=1S/C14H14F3NO2S/c15-14(16,17)12(19)18-7-5-13(6-8-18)11-4-2-1-3-10(11)9-21(13)20/h1-4H,5-9H2/t21-/m1/s1. The molecule has 1 atom stereocenters. The molecule has 2 heterocycles. The van der Waals surface area contributed by atoms with E-state index in [1.165, 1.54) is 0 Å². The van der Waals surface area contributed by atoms with E-state index in [1.54, 1.807) is 0 Å². The Morgan fingerprint density at radius 3 is 2.43 bits per heavy atom. The number of nitrogens with zero attached hydrogens (tertiary/aromatic N) is 1. The van der Waals surface area contributed by atoms with E-state index in [-0.39, 0.29) is 13.1 Å². The van der Waals surface area contributed by atoms with Crippen LogP contribution in [0.3, 0.4) is 0 Å². The third kappa shape index (κ3) is 2.27. The van der Waals surface area contributed by atoms with Gasteiger partial charge in [-0.05, 0) is 24.0 Å². The summed E-state index contributed by atoms with van der Waals surface area (Å²) in [5.41, 5.74) is 1.98. The topological polar surface area (TPSA) is 37.4 Å². The highest BCUT2D eigenvalue weighted by molar-refractivity contribution is 7.85. The lowest BCUT2D eigenvalue weighted by atomic mass is 9.86. The van der Waals surface area contributed by atoms with E-state index in [2.05, 4.69) is 0 Å². The third-order valence-electron chi connectivity index (χ3n) is 4.33. The maximum absolute atomic E-state index is 12.5. The summed E-state index contributed by atoms with van der Waals surface area (Å²) in [5.74, 6) is -1.35. The number of carbonyl (C=O) groups is 1. The first-order valence-electron chi connectivity index (χ1n) is 6.67. The van der Waals surface area contributed by atoms with Gasteiger partial charge in [0.05, 0.1) is 4.75 Å². The van der Waals surface area contributed by atoms with Crippen molar-refractivity contribution in [3.05, 3.63) is 35.4 Å². The van der Waals surface area contributed by atoms with Crippen molar-refractivity contribution in [2.45, 2.75) is 29.5 Å². The maximum Gasteiger partial charge on any atom is 0.471 e. The van der Waals surface area contributed by atoms with Crippen LogP contribution in [0.15, 0.2) is 24.3 Å². The van der Waals surface area contributed by atoms with Gasteiger partial charge in [0.1, 0.15) is 0 Å². The molecule has 0 radical (unpaired) electrons. The lowest BCUT2D eigenvalue weighted by Crippen LogP contribution is -2.49. The fourth-order valence-electron chi connectivity index (χ4n) is 3.24. The van der Waals surface area contributed by atoms with Crippen molar-refractivity contribution in [3.8, 4) is 0 Å². The van der Waals surface area contributed by atoms with E-state index in [0.29, 0.717) is 18.6 Å². The van der Waals surface area contributed by atoms with Crippen LogP contribution in [0.5, 0.6) is 0 Å². The molecule has 2 aliphatic heterocycles. The van der Waals surface area contributed by atoms with Gasteiger partial charge in [0.25, 0.3) is 0 Å². The molecule has 0 N–H and O–H groups in total. The quantitative estimate of drug-likeness (QED) is 0.736. The van der Waals surface area contributed by atoms with Crippen molar-refractivity contribution >= 4 is 16.7 Å². The van der Waals surface area contributed by atoms with E-state index >= 15 is 0 Å². The molecule has 7 heteroatoms. The van der Waals surface area contributed by atoms with Crippen LogP contribution in [-0.2, 0) is 26.1 Å². The minimum atomic E-state index is -4.84. The molecule has 0 unspecified atom stereocenters. The molecular weight excluding hydrogens is 303 g/mol. The normalized spacial score (nSPS) is 24.1. The predicted molar refractivity (Wildman–Crippen MR) is 71.8 cm³/mol. The first-order chi connectivity index (χ1) is 9.84. The smallest absolute Gasteiger partial charge is 0.335 e. The molecule has 1 fully saturated rings. The van der Waals surface area contributed by atoms with Gasteiger partial charge < -0.3 is 4.90 Å². The Bertz CT molecular complexity index is 606. The molecule has 21 heavy (non-hydrogen) atoms. The van der Waals surface area contributed by atoms with Crippen molar-refractivity contribution in [2.24, 2.45) is 0 Å². The molecule has 0 saturated carbocycles. The van der Waals surface area contributed by atoms with Gasteiger partial charge in [-0.1, -0.05) is 24.3 Å². The molecule has 0 bridgehead atoms. The summed E-state index contributed by atoms with van der Waals surface area (Å²) in [7, 11) is -1.13. The number of rotatable bonds is 0. The van der Waals surface area contributed by atoms with Crippen molar-refractivity contribution in [3.63, 3.8) is 0 Å². The minimum Gasteiger partial charge on any atom is -0.335 e. The van der Waals surface area contributed by atoms with Crippen LogP contribution in [0.2, 0.25) is 0 Å². The molecule has 1 saturated heterocycles. The number of amides is 1. The fourth-order valence-corrected chi connectivity index (χ4v) is 5.13. The second-order valence-corrected chi connectivity index (χ2v) is 7.19. The first-order valence-corrected chi connectivity index (χ1v) is 7.99. The second kappa shape index (κ2) is 4.83. The van der Waals surface area contributed by atoms with Crippen LogP contribution < -0.4 is 0 Å². The summed E-state index contributed by atoms with van der Waals surface area (Å²) in [6.45, 7) is -0.00314. The highest BCUT2D eigenvalue weighted by Crippen LogP contribution is 2.46. The average Bonchev–Trinajstić information content (AvgIpc) is 2.71. The lowest BCUT2D eigenvalue weighted by Gasteiger charge is -2.39. The van der Waals surface area contributed by atoms with E-state index in [1.807, 2.05) is 24.3 Å². The second-order valence-electron chi connectivity index (χ2n) is 5.43. The monoisotopic (exact) mass is 317 g/mol. The van der Waals surface area contributed by atoms with E-state index in [4.69, 9.17) is 0 Å². The van der Waals surface area contributed by atoms with Crippen LogP contribution in [0.1, 0.15) is 24.0 Å². The zero-order valence-corrected chi connectivity index (χ0v) is 12.0. The van der Waals surface area contributed by atoms with E-state index in [0.717, 1.165) is 16.0 Å². The summed E-state index contributed by atoms with van der Waals surface area (Å²) < 4.78 is 49.3. The number of halogens is 3. The van der Waals surface area contributed by atoms with Crippen molar-refractivity contribution in [1.82, 2.24) is 4.90 Å². The molecular formula is C14H14F3NO2S. The van der Waals surface area contributed by atoms with Gasteiger partial charge >= 0.3 is 12.1 Å². The molecule has 1 aromatic carbocycles. The van der Waals surface area contributed by atoms with Crippen LogP contribution >= 0.6 is 0 Å². The van der Waals surface area contributed by atoms with Crippen LogP contribution in [0.25, 0.3) is 0 Å². The summed E-state index contributed by atoms with van der Waals surface area (Å²) in [6, 6.07) is 7.55. The molecule has 0 aromatic heterocycles. The van der Waals surface area contributed by atoms with Gasteiger partial charge in [-0.15, -0.1) is 0 Å². The zero-order valence-electron chi connectivity index (χ0n) is 11.2. The van der Waals surface area contributed by atoms with Gasteiger partial charge in [0.2, 0.25) is 0 Å². The molecule has 1 amide bonds. The van der Waals surface area contributed by atoms with Gasteiger partial charge in [0.15, 0.2) is 0 Å². The van der Waals surface area contributed by atoms with Gasteiger partial charge in [-0.3, -0.25) is 9.00 Å². The summed E-state index contributed by atoms with van der Waals surface area (Å²) in [5, 5.41) is 0. The number of alkyl halides is 3. The highest BCUT2D eigenvalue weighted by atomic mass is 32.2. The Morgan fingerprint density at radius 2 is 1.81 bits per heavy atom. The molecule has 114 valence electrons. The lowest BCUT2D eigenvalue weighted by molar-refractivity contribution is -0.186. The highest BCUT2D eigenvalue weighted by Gasteiger charge is 2.50. The van der Waals surface area contributed by atoms with Crippen molar-refractivity contribution in [2.75, 3.05) is 13.1 Å². The number of piperidine rings is 1. The van der Waals surface area contributed by atoms with E-state index < -0.39 is 27.6 Å². The van der Waals surface area contributed by atoms with Crippen molar-refractivity contribution in [1.29, 1.82) is 0 Å². The molecule has 1 aromatic rings. The number of hydrogen-bond donors (Lipinski definition) is 0. The first kappa shape index (κ1) is 14.6. The molecule has 1 spiro atoms. The Labute approximate surface area is 122 Å². The Balaban J connectivity index is 1.83. The Kier molecular flexibility index (Phi) is 3.35. The van der Waals surface area contributed by atoms with Crippen LogP contribution in [-0.4, -0.2) is 34.3 Å². The number of likely N-dealkylation sites (tertiary alicyclic amines) is 1. The average molecular weight is 317 g/mol. The SMILES string of the molecule is O=C(N1CCC2(CC1)c1ccccc1C[S@]2=O)C(F)(F)F. The van der Waals surface area contributed by atoms with Gasteiger partial charge in [-0.2, -0.15) is 13.2 Å². The number of benzene rings is 1. The largest absolute Gasteiger partial charge is 0.471 e. The minimum absolute atomic E-state index is 0.00157. The number of carbonyl (C=O) groups excluding carboxylic acids is 1. The number of hydrogen-bond acceptors (Lipinski definition) is 2. The van der Waals surface area contributed by atoms with Crippen LogP contribution in [0.4, 0.5) is 13.2 Å². The third-order valence-corrected chi connectivity index (χ3v) is 6.40. The zero-order chi connectivity index (χ0) is 15.3. The summed E-state index contributed by atoms with van der Waals surface area (Å²) >= 11 is 0. The fraction of sp³-hybridized carbons (Fsp3) is 0.500. The van der Waals surface area contributed by atoms with Crippen molar-refractivity contribution < 1.29 is 22.2 Å². The Morgan fingerprint density at radius 1 is 1.19 bits per heavy atom. The predicted octanol–water partition coefficient (Wildman–Crippen LogP) is 2.33. The molecule has 3 nitrogen and oxygen atoms in total. The molecule has 0 aliphatic carbocycles. The van der Waals surface area contributed by atoms with E-state index in [9.17, 15) is 22.2 Å². The van der Waals surface area contributed by atoms with Gasteiger partial charge in [0, 0.05) is 29.6 Å². The Hall–Kier alpha value is -1.37. The summed E-state index contributed by atoms with van der Waals surface area (Å²) in [6.07, 6.45) is -4.20. The summed E-state index contributed by atoms with van der Waals surface area (Å²) in [4.78, 5) is 12.1. The van der Waals surface area contributed by atoms with Gasteiger partial charge in [-0.25, -0.2) is 0 Å². The molecule has 2 aliphatic rings. The maximum atomic E-state index is 12.5. The molecule has 3 rings (SSSR count). The number of fused-ring (bicyclic) bond motifs is 2.